The Balaban J connectivity index is 1.75. The van der Waals surface area contributed by atoms with Gasteiger partial charge in [-0.1, -0.05) is 55.5 Å². The van der Waals surface area contributed by atoms with Crippen LogP contribution in [0.3, 0.4) is 0 Å². The third-order valence-corrected chi connectivity index (χ3v) is 4.88. The molecule has 0 aromatic heterocycles. The van der Waals surface area contributed by atoms with E-state index in [-0.39, 0.29) is 11.7 Å². The Morgan fingerprint density at radius 2 is 1.63 bits per heavy atom. The molecule has 3 nitrogen and oxygen atoms in total. The van der Waals surface area contributed by atoms with Crippen molar-refractivity contribution in [2.45, 2.75) is 27.2 Å². The molecule has 0 atom stereocenters. The van der Waals surface area contributed by atoms with Crippen LogP contribution in [-0.2, 0) is 4.79 Å². The van der Waals surface area contributed by atoms with Gasteiger partial charge in [-0.15, -0.1) is 0 Å². The number of benzene rings is 3. The highest BCUT2D eigenvalue weighted by molar-refractivity contribution is 5.88. The van der Waals surface area contributed by atoms with Gasteiger partial charge in [-0.2, -0.15) is 0 Å². The van der Waals surface area contributed by atoms with E-state index in [1.165, 1.54) is 0 Å². The lowest BCUT2D eigenvalue weighted by atomic mass is 9.91. The van der Waals surface area contributed by atoms with Crippen LogP contribution in [0.15, 0.2) is 60.7 Å². The second-order valence-electron chi connectivity index (χ2n) is 7.29. The van der Waals surface area contributed by atoms with Crippen molar-refractivity contribution >= 4 is 28.9 Å². The number of fused-ring (bicyclic) bond motifs is 1. The summed E-state index contributed by atoms with van der Waals surface area (Å²) < 4.78 is 5.45. The lowest BCUT2D eigenvalue weighted by Gasteiger charge is -2.20. The normalized spacial score (nSPS) is 11.8. The molecule has 3 heteroatoms. The van der Waals surface area contributed by atoms with Gasteiger partial charge >= 0.3 is 5.97 Å². The molecule has 0 heterocycles. The van der Waals surface area contributed by atoms with E-state index in [1.807, 2.05) is 75.4 Å². The summed E-state index contributed by atoms with van der Waals surface area (Å²) >= 11 is 0. The highest BCUT2D eigenvalue weighted by atomic mass is 16.5. The number of phenols is 1. The Hall–Kier alpha value is -3.07. The van der Waals surface area contributed by atoms with Gasteiger partial charge in [-0.3, -0.25) is 4.79 Å². The molecule has 0 saturated carbocycles. The van der Waals surface area contributed by atoms with Crippen LogP contribution >= 0.6 is 0 Å². The van der Waals surface area contributed by atoms with Gasteiger partial charge in [0.05, 0.1) is 5.41 Å². The summed E-state index contributed by atoms with van der Waals surface area (Å²) in [6.07, 6.45) is 4.52. The molecule has 0 unspecified atom stereocenters. The third kappa shape index (κ3) is 4.37. The summed E-state index contributed by atoms with van der Waals surface area (Å²) in [5, 5.41) is 12.3. The lowest BCUT2D eigenvalue weighted by molar-refractivity contribution is -0.144. The molecule has 0 amide bonds. The van der Waals surface area contributed by atoms with E-state index < -0.39 is 5.41 Å². The van der Waals surface area contributed by atoms with Crippen molar-refractivity contribution in [3.8, 4) is 11.5 Å². The number of hydrogen-bond acceptors (Lipinski definition) is 3. The van der Waals surface area contributed by atoms with E-state index in [4.69, 9.17) is 4.74 Å². The minimum absolute atomic E-state index is 0.227. The molecule has 0 radical (unpaired) electrons. The van der Waals surface area contributed by atoms with Gasteiger partial charge in [-0.25, -0.2) is 0 Å². The van der Waals surface area contributed by atoms with Crippen LogP contribution in [0.2, 0.25) is 0 Å². The number of rotatable bonds is 5. The fourth-order valence-corrected chi connectivity index (χ4v) is 2.60. The first-order valence-electron chi connectivity index (χ1n) is 9.11. The SMILES string of the molecule is CCC(C)(C)C(=O)Oc1ccc(C=Cc2cc3ccccc3cc2O)cc1. The number of phenolic OH excluding ortho intramolecular Hbond substituents is 1. The first kappa shape index (κ1) is 18.7. The average Bonchev–Trinajstić information content (AvgIpc) is 2.67. The monoisotopic (exact) mass is 360 g/mol. The minimum atomic E-state index is -0.494. The van der Waals surface area contributed by atoms with Crippen molar-refractivity contribution < 1.29 is 14.6 Å². The van der Waals surface area contributed by atoms with Crippen LogP contribution in [0.5, 0.6) is 11.5 Å². The van der Waals surface area contributed by atoms with Crippen molar-refractivity contribution in [3.63, 3.8) is 0 Å². The molecule has 3 rings (SSSR count). The molecule has 0 saturated heterocycles. The van der Waals surface area contributed by atoms with Crippen LogP contribution < -0.4 is 4.74 Å². The van der Waals surface area contributed by atoms with Crippen LogP contribution in [0.25, 0.3) is 22.9 Å². The summed E-state index contributed by atoms with van der Waals surface area (Å²) in [5.41, 5.74) is 1.22. The van der Waals surface area contributed by atoms with Crippen molar-refractivity contribution in [2.24, 2.45) is 5.41 Å². The molecule has 0 spiro atoms. The van der Waals surface area contributed by atoms with Crippen LogP contribution in [0.1, 0.15) is 38.3 Å². The number of aromatic hydroxyl groups is 1. The molecule has 0 aliphatic heterocycles. The quantitative estimate of drug-likeness (QED) is 0.342. The molecule has 27 heavy (non-hydrogen) atoms. The smallest absolute Gasteiger partial charge is 0.316 e. The predicted molar refractivity (Wildman–Crippen MR) is 111 cm³/mol. The van der Waals surface area contributed by atoms with Crippen LogP contribution in [0, 0.1) is 5.41 Å². The molecule has 0 bridgehead atoms. The molecular weight excluding hydrogens is 336 g/mol. The lowest BCUT2D eigenvalue weighted by Crippen LogP contribution is -2.28. The second kappa shape index (κ2) is 7.67. The molecule has 1 N–H and O–H groups in total. The Morgan fingerprint density at radius 1 is 1.00 bits per heavy atom. The number of carbonyl (C=O) groups is 1. The van der Waals surface area contributed by atoms with E-state index in [9.17, 15) is 9.90 Å². The third-order valence-electron chi connectivity index (χ3n) is 4.88. The van der Waals surface area contributed by atoms with Crippen molar-refractivity contribution in [3.05, 3.63) is 71.8 Å². The predicted octanol–water partition coefficient (Wildman–Crippen LogP) is 6.06. The number of ether oxygens (including phenoxy) is 1. The second-order valence-corrected chi connectivity index (χ2v) is 7.29. The molecule has 0 fully saturated rings. The van der Waals surface area contributed by atoms with Crippen LogP contribution in [0.4, 0.5) is 0 Å². The molecule has 3 aromatic rings. The maximum atomic E-state index is 12.1. The molecule has 0 aliphatic carbocycles. The average molecular weight is 360 g/mol. The van der Waals surface area contributed by atoms with E-state index in [2.05, 4.69) is 0 Å². The van der Waals surface area contributed by atoms with E-state index in [0.29, 0.717) is 5.75 Å². The summed E-state index contributed by atoms with van der Waals surface area (Å²) in [6, 6.07) is 19.0. The van der Waals surface area contributed by atoms with Crippen LogP contribution in [-0.4, -0.2) is 11.1 Å². The highest BCUT2D eigenvalue weighted by Gasteiger charge is 2.27. The van der Waals surface area contributed by atoms with Gasteiger partial charge in [-0.05, 0) is 60.9 Å². The fraction of sp³-hybridized carbons (Fsp3) is 0.208. The zero-order chi connectivity index (χ0) is 19.4. The minimum Gasteiger partial charge on any atom is -0.507 e. The zero-order valence-corrected chi connectivity index (χ0v) is 15.9. The topological polar surface area (TPSA) is 46.5 Å². The van der Waals surface area contributed by atoms with E-state index in [0.717, 1.165) is 28.3 Å². The van der Waals surface area contributed by atoms with Gasteiger partial charge in [0.25, 0.3) is 0 Å². The van der Waals surface area contributed by atoms with Gasteiger partial charge < -0.3 is 9.84 Å². The van der Waals surface area contributed by atoms with Crippen molar-refractivity contribution in [1.29, 1.82) is 0 Å². The summed E-state index contributed by atoms with van der Waals surface area (Å²) in [6.45, 7) is 5.72. The highest BCUT2D eigenvalue weighted by Crippen LogP contribution is 2.27. The number of esters is 1. The largest absolute Gasteiger partial charge is 0.507 e. The maximum absolute atomic E-state index is 12.1. The van der Waals surface area contributed by atoms with Gasteiger partial charge in [0.2, 0.25) is 0 Å². The van der Waals surface area contributed by atoms with E-state index in [1.54, 1.807) is 18.2 Å². The number of carbonyl (C=O) groups excluding carboxylic acids is 1. The van der Waals surface area contributed by atoms with Crippen molar-refractivity contribution in [1.82, 2.24) is 0 Å². The fourth-order valence-electron chi connectivity index (χ4n) is 2.60. The standard InChI is InChI=1S/C24H24O3/c1-4-24(2,3)23(26)27-21-13-10-17(11-14-21)9-12-20-15-18-7-5-6-8-19(18)16-22(20)25/h5-16,25H,4H2,1-3H3. The maximum Gasteiger partial charge on any atom is 0.316 e. The number of hydrogen-bond donors (Lipinski definition) is 1. The zero-order valence-electron chi connectivity index (χ0n) is 15.9. The summed E-state index contributed by atoms with van der Waals surface area (Å²) in [5.74, 6) is 0.555. The van der Waals surface area contributed by atoms with Gasteiger partial charge in [0.1, 0.15) is 11.5 Å². The molecule has 0 aliphatic rings. The van der Waals surface area contributed by atoms with E-state index >= 15 is 0 Å². The van der Waals surface area contributed by atoms with Crippen molar-refractivity contribution in [2.75, 3.05) is 0 Å². The Morgan fingerprint density at radius 3 is 2.26 bits per heavy atom. The molecular formula is C24H24O3. The first-order valence-corrected chi connectivity index (χ1v) is 9.11. The summed E-state index contributed by atoms with van der Waals surface area (Å²) in [4.78, 5) is 12.1. The summed E-state index contributed by atoms with van der Waals surface area (Å²) in [7, 11) is 0. The Labute approximate surface area is 159 Å². The Kier molecular flexibility index (Phi) is 5.31. The first-order chi connectivity index (χ1) is 12.9. The van der Waals surface area contributed by atoms with Gasteiger partial charge in [0.15, 0.2) is 0 Å². The molecule has 138 valence electrons. The van der Waals surface area contributed by atoms with Gasteiger partial charge in [0, 0.05) is 5.56 Å². The molecule has 3 aromatic carbocycles. The Bertz CT molecular complexity index is 982.